The second-order valence-corrected chi connectivity index (χ2v) is 8.08. The summed E-state index contributed by atoms with van der Waals surface area (Å²) < 4.78 is 0. The molecule has 1 aliphatic rings. The van der Waals surface area contributed by atoms with Crippen LogP contribution in [0.15, 0.2) is 29.3 Å². The van der Waals surface area contributed by atoms with E-state index in [1.54, 1.807) is 24.0 Å². The first-order valence-electron chi connectivity index (χ1n) is 8.36. The van der Waals surface area contributed by atoms with E-state index in [1.807, 2.05) is 26.0 Å². The molecule has 0 radical (unpaired) electrons. The number of nitrogens with two attached hydrogens (primary N) is 1. The highest BCUT2D eigenvalue weighted by molar-refractivity contribution is 7.17. The van der Waals surface area contributed by atoms with Gasteiger partial charge in [0, 0.05) is 21.0 Å². The number of aryl methyl sites for hydroxylation is 1. The van der Waals surface area contributed by atoms with E-state index in [1.165, 1.54) is 11.3 Å². The fourth-order valence-electron chi connectivity index (χ4n) is 3.08. The van der Waals surface area contributed by atoms with E-state index >= 15 is 0 Å². The minimum absolute atomic E-state index is 0.0766. The number of nitrogens with zero attached hydrogens (tertiary/aromatic N) is 2. The van der Waals surface area contributed by atoms with Crippen molar-refractivity contribution in [3.63, 3.8) is 0 Å². The van der Waals surface area contributed by atoms with Gasteiger partial charge in [-0.2, -0.15) is 0 Å². The fourth-order valence-corrected chi connectivity index (χ4v) is 4.43. The number of amides is 1. The van der Waals surface area contributed by atoms with Crippen molar-refractivity contribution in [1.82, 2.24) is 0 Å². The number of anilines is 1. The summed E-state index contributed by atoms with van der Waals surface area (Å²) in [5.74, 6) is -0.262. The molecule has 1 aromatic carbocycles. The number of aliphatic imine (C=N–C) groups is 1. The molecule has 3 rings (SSSR count). The highest BCUT2D eigenvalue weighted by atomic mass is 35.5. The summed E-state index contributed by atoms with van der Waals surface area (Å²) in [7, 11) is 0. The van der Waals surface area contributed by atoms with Crippen molar-refractivity contribution in [2.75, 3.05) is 4.90 Å². The Balaban J connectivity index is 2.31. The van der Waals surface area contributed by atoms with Gasteiger partial charge in [-0.25, -0.2) is 0 Å². The maximum atomic E-state index is 11.6. The van der Waals surface area contributed by atoms with Crippen LogP contribution in [0.25, 0.3) is 0 Å². The van der Waals surface area contributed by atoms with Gasteiger partial charge in [-0.1, -0.05) is 23.7 Å². The molecule has 0 spiro atoms. The summed E-state index contributed by atoms with van der Waals surface area (Å²) in [6.45, 7) is 5.64. The average molecular weight is 402 g/mol. The normalized spacial score (nSPS) is 16.6. The first kappa shape index (κ1) is 19.3. The Morgan fingerprint density at radius 2 is 1.96 bits per heavy atom. The zero-order chi connectivity index (χ0) is 19.9. The Labute approximate surface area is 166 Å². The first-order valence-corrected chi connectivity index (χ1v) is 9.56. The fraction of sp³-hybridized carbons (Fsp3) is 0.263. The van der Waals surface area contributed by atoms with Crippen LogP contribution in [0.1, 0.15) is 34.9 Å². The van der Waals surface area contributed by atoms with Gasteiger partial charge in [-0.05, 0) is 38.5 Å². The Morgan fingerprint density at radius 3 is 2.52 bits per heavy atom. The van der Waals surface area contributed by atoms with Crippen molar-refractivity contribution in [2.24, 2.45) is 10.7 Å². The largest absolute Gasteiger partial charge is 0.370 e. The van der Waals surface area contributed by atoms with Crippen molar-refractivity contribution in [1.29, 1.82) is 10.8 Å². The zero-order valence-electron chi connectivity index (χ0n) is 15.3. The number of halogens is 1. The number of carbonyl (C=O) groups is 1. The maximum Gasteiger partial charge on any atom is 0.220 e. The highest BCUT2D eigenvalue weighted by Crippen LogP contribution is 2.40. The Hall–Kier alpha value is -2.51. The second-order valence-electron chi connectivity index (χ2n) is 6.44. The van der Waals surface area contributed by atoms with Gasteiger partial charge < -0.3 is 5.73 Å². The van der Waals surface area contributed by atoms with Gasteiger partial charge in [0.2, 0.25) is 5.91 Å². The number of rotatable bonds is 3. The van der Waals surface area contributed by atoms with Gasteiger partial charge in [0.25, 0.3) is 0 Å². The van der Waals surface area contributed by atoms with Crippen LogP contribution in [0.2, 0.25) is 5.02 Å². The Morgan fingerprint density at radius 1 is 1.33 bits per heavy atom. The summed E-state index contributed by atoms with van der Waals surface area (Å²) >= 11 is 7.55. The summed E-state index contributed by atoms with van der Waals surface area (Å²) in [6.07, 6.45) is -0.0906. The summed E-state index contributed by atoms with van der Waals surface area (Å²) in [5.41, 5.74) is 8.85. The molecule has 140 valence electrons. The number of thiophene rings is 1. The second kappa shape index (κ2) is 7.25. The van der Waals surface area contributed by atoms with Gasteiger partial charge in [0.1, 0.15) is 22.7 Å². The van der Waals surface area contributed by atoms with Gasteiger partial charge in [-0.15, -0.1) is 11.3 Å². The summed E-state index contributed by atoms with van der Waals surface area (Å²) in [4.78, 5) is 19.0. The third-order valence-corrected chi connectivity index (χ3v) is 5.94. The molecule has 2 heterocycles. The lowest BCUT2D eigenvalue weighted by atomic mass is 9.99. The Kier molecular flexibility index (Phi) is 5.17. The minimum atomic E-state index is -0.757. The molecule has 0 bridgehead atoms. The molecule has 1 amide bonds. The zero-order valence-corrected chi connectivity index (χ0v) is 16.8. The van der Waals surface area contributed by atoms with E-state index in [2.05, 4.69) is 0 Å². The minimum Gasteiger partial charge on any atom is -0.370 e. The molecule has 1 aromatic heterocycles. The van der Waals surface area contributed by atoms with Crippen LogP contribution in [0, 0.1) is 24.7 Å². The van der Waals surface area contributed by atoms with Gasteiger partial charge in [0.15, 0.2) is 0 Å². The molecule has 1 unspecified atom stereocenters. The predicted octanol–water partition coefficient (Wildman–Crippen LogP) is 3.89. The van der Waals surface area contributed by atoms with Gasteiger partial charge in [0.05, 0.1) is 12.1 Å². The van der Waals surface area contributed by atoms with Crippen LogP contribution < -0.4 is 10.6 Å². The number of nitrogens with one attached hydrogen (secondary N) is 2. The van der Waals surface area contributed by atoms with E-state index in [0.29, 0.717) is 10.7 Å². The lowest BCUT2D eigenvalue weighted by Gasteiger charge is -2.24. The van der Waals surface area contributed by atoms with Crippen LogP contribution >= 0.6 is 22.9 Å². The molecule has 27 heavy (non-hydrogen) atoms. The monoisotopic (exact) mass is 401 g/mol. The molecule has 2 aromatic rings. The van der Waals surface area contributed by atoms with Crippen LogP contribution in [-0.4, -0.2) is 29.3 Å². The van der Waals surface area contributed by atoms with Crippen LogP contribution in [0.4, 0.5) is 5.00 Å². The van der Waals surface area contributed by atoms with E-state index in [4.69, 9.17) is 33.1 Å². The number of benzene rings is 1. The molecule has 0 saturated carbocycles. The predicted molar refractivity (Wildman–Crippen MR) is 112 cm³/mol. The topological polar surface area (TPSA) is 106 Å². The smallest absolute Gasteiger partial charge is 0.220 e. The highest BCUT2D eigenvalue weighted by Gasteiger charge is 2.34. The molecule has 1 aliphatic heterocycles. The molecule has 6 nitrogen and oxygen atoms in total. The lowest BCUT2D eigenvalue weighted by molar-refractivity contribution is -0.118. The molecule has 4 N–H and O–H groups in total. The van der Waals surface area contributed by atoms with Crippen molar-refractivity contribution < 1.29 is 4.79 Å². The van der Waals surface area contributed by atoms with Crippen molar-refractivity contribution >= 4 is 51.2 Å². The number of fused-ring (bicyclic) bond motifs is 1. The quantitative estimate of drug-likeness (QED) is 0.536. The van der Waals surface area contributed by atoms with Crippen LogP contribution in [0.3, 0.4) is 0 Å². The van der Waals surface area contributed by atoms with Gasteiger partial charge >= 0.3 is 0 Å². The SMILES string of the molecule is CC(=N)N1C(=N)C(CC(N)=O)N=C(c2ccc(Cl)cc2)c2c1sc(C)c2C. The van der Waals surface area contributed by atoms with E-state index in [9.17, 15) is 4.79 Å². The number of hydrogen-bond donors (Lipinski definition) is 3. The van der Waals surface area contributed by atoms with E-state index in [0.717, 1.165) is 26.6 Å². The summed E-state index contributed by atoms with van der Waals surface area (Å²) in [5, 5.41) is 18.2. The third kappa shape index (κ3) is 3.52. The standard InChI is InChI=1S/C19H20ClN5OS/c1-9-10(2)27-19-16(9)17(12-4-6-13(20)7-5-12)24-14(8-15(22)26)18(23)25(19)11(3)21/h4-7,14,21,23H,8H2,1-3H3,(H2,22,26). The molecule has 0 aliphatic carbocycles. The summed E-state index contributed by atoms with van der Waals surface area (Å²) in [6, 6.07) is 6.55. The van der Waals surface area contributed by atoms with Crippen LogP contribution in [-0.2, 0) is 4.79 Å². The van der Waals surface area contributed by atoms with E-state index in [-0.39, 0.29) is 18.1 Å². The number of hydrogen-bond acceptors (Lipinski definition) is 5. The lowest BCUT2D eigenvalue weighted by Crippen LogP contribution is -2.41. The Bertz CT molecular complexity index is 977. The van der Waals surface area contributed by atoms with Crippen molar-refractivity contribution in [3.05, 3.63) is 50.9 Å². The van der Waals surface area contributed by atoms with Crippen molar-refractivity contribution in [2.45, 2.75) is 33.2 Å². The third-order valence-electron chi connectivity index (χ3n) is 4.50. The molecule has 8 heteroatoms. The molecular formula is C19H20ClN5OS. The maximum absolute atomic E-state index is 11.6. The molecule has 0 fully saturated rings. The number of amidine groups is 2. The number of primary amides is 1. The number of carbonyl (C=O) groups excluding carboxylic acids is 1. The van der Waals surface area contributed by atoms with Crippen LogP contribution in [0.5, 0.6) is 0 Å². The van der Waals surface area contributed by atoms with Crippen molar-refractivity contribution in [3.8, 4) is 0 Å². The molecule has 0 saturated heterocycles. The first-order chi connectivity index (χ1) is 12.7. The average Bonchev–Trinajstić information content (AvgIpc) is 2.80. The van der Waals surface area contributed by atoms with E-state index < -0.39 is 11.9 Å². The molecular weight excluding hydrogens is 382 g/mol. The van der Waals surface area contributed by atoms with Gasteiger partial charge in [-0.3, -0.25) is 25.5 Å². The molecule has 1 atom stereocenters.